The van der Waals surface area contributed by atoms with Crippen LogP contribution in [0.1, 0.15) is 15.9 Å². The Hall–Kier alpha value is -2.43. The summed E-state index contributed by atoms with van der Waals surface area (Å²) in [6.07, 6.45) is 2.84. The van der Waals surface area contributed by atoms with E-state index < -0.39 is 5.82 Å². The zero-order chi connectivity index (χ0) is 13.1. The molecule has 0 aliphatic heterocycles. The maximum atomic E-state index is 13.5. The number of carbonyl (C=O) groups is 1. The van der Waals surface area contributed by atoms with Crippen molar-refractivity contribution in [2.75, 3.05) is 12.8 Å². The van der Waals surface area contributed by atoms with Gasteiger partial charge in [0.1, 0.15) is 0 Å². The average Bonchev–Trinajstić information content (AvgIpc) is 2.38. The second kappa shape index (κ2) is 4.83. The SMILES string of the molecule is COc1ccc(C(=O)c2ccncc2N)cc1F. The molecule has 1 heterocycles. The first-order chi connectivity index (χ1) is 8.63. The summed E-state index contributed by atoms with van der Waals surface area (Å²) < 4.78 is 18.3. The molecule has 0 spiro atoms. The number of methoxy groups -OCH3 is 1. The van der Waals surface area contributed by atoms with Crippen molar-refractivity contribution < 1.29 is 13.9 Å². The Labute approximate surface area is 103 Å². The molecule has 2 N–H and O–H groups in total. The van der Waals surface area contributed by atoms with Gasteiger partial charge in [-0.15, -0.1) is 0 Å². The predicted octanol–water partition coefficient (Wildman–Crippen LogP) is 2.04. The molecule has 1 aromatic heterocycles. The first-order valence-electron chi connectivity index (χ1n) is 5.21. The highest BCUT2D eigenvalue weighted by Crippen LogP contribution is 2.21. The molecule has 1 aromatic carbocycles. The zero-order valence-corrected chi connectivity index (χ0v) is 9.68. The fourth-order valence-electron chi connectivity index (χ4n) is 1.58. The third-order valence-electron chi connectivity index (χ3n) is 2.51. The van der Waals surface area contributed by atoms with E-state index in [2.05, 4.69) is 4.98 Å². The van der Waals surface area contributed by atoms with Crippen molar-refractivity contribution in [3.05, 3.63) is 53.6 Å². The van der Waals surface area contributed by atoms with Gasteiger partial charge >= 0.3 is 0 Å². The van der Waals surface area contributed by atoms with Crippen LogP contribution in [-0.4, -0.2) is 17.9 Å². The lowest BCUT2D eigenvalue weighted by atomic mass is 10.0. The van der Waals surface area contributed by atoms with Gasteiger partial charge in [-0.1, -0.05) is 0 Å². The highest BCUT2D eigenvalue weighted by molar-refractivity contribution is 6.11. The third-order valence-corrected chi connectivity index (χ3v) is 2.51. The predicted molar refractivity (Wildman–Crippen MR) is 65.0 cm³/mol. The normalized spacial score (nSPS) is 10.1. The number of nitrogen functional groups attached to an aromatic ring is 1. The molecular weight excluding hydrogens is 235 g/mol. The molecule has 5 heteroatoms. The van der Waals surface area contributed by atoms with E-state index >= 15 is 0 Å². The monoisotopic (exact) mass is 246 g/mol. The second-order valence-electron chi connectivity index (χ2n) is 3.64. The van der Waals surface area contributed by atoms with Crippen LogP contribution < -0.4 is 10.5 Å². The van der Waals surface area contributed by atoms with Gasteiger partial charge in [0.2, 0.25) is 0 Å². The molecule has 0 bridgehead atoms. The van der Waals surface area contributed by atoms with Gasteiger partial charge in [-0.25, -0.2) is 4.39 Å². The van der Waals surface area contributed by atoms with Gasteiger partial charge < -0.3 is 10.5 Å². The van der Waals surface area contributed by atoms with Crippen molar-refractivity contribution in [1.82, 2.24) is 4.98 Å². The van der Waals surface area contributed by atoms with Crippen LogP contribution in [0, 0.1) is 5.82 Å². The lowest BCUT2D eigenvalue weighted by molar-refractivity contribution is 0.103. The number of anilines is 1. The van der Waals surface area contributed by atoms with E-state index in [4.69, 9.17) is 10.5 Å². The summed E-state index contributed by atoms with van der Waals surface area (Å²) in [5.74, 6) is -0.846. The van der Waals surface area contributed by atoms with E-state index in [9.17, 15) is 9.18 Å². The molecule has 0 radical (unpaired) electrons. The maximum absolute atomic E-state index is 13.5. The first-order valence-corrected chi connectivity index (χ1v) is 5.21. The molecule has 0 amide bonds. The molecule has 2 rings (SSSR count). The number of pyridine rings is 1. The molecule has 0 aliphatic carbocycles. The summed E-state index contributed by atoms with van der Waals surface area (Å²) in [4.78, 5) is 15.9. The van der Waals surface area contributed by atoms with Crippen molar-refractivity contribution in [2.24, 2.45) is 0 Å². The van der Waals surface area contributed by atoms with E-state index in [1.807, 2.05) is 0 Å². The summed E-state index contributed by atoms with van der Waals surface area (Å²) in [5, 5.41) is 0. The molecule has 0 atom stereocenters. The van der Waals surface area contributed by atoms with E-state index in [0.717, 1.165) is 6.07 Å². The topological polar surface area (TPSA) is 65.2 Å². The largest absolute Gasteiger partial charge is 0.494 e. The highest BCUT2D eigenvalue weighted by Gasteiger charge is 2.14. The number of benzene rings is 1. The van der Waals surface area contributed by atoms with Crippen LogP contribution in [-0.2, 0) is 0 Å². The van der Waals surface area contributed by atoms with Gasteiger partial charge in [-0.05, 0) is 24.3 Å². The number of nitrogens with two attached hydrogens (primary N) is 1. The van der Waals surface area contributed by atoms with Crippen molar-refractivity contribution in [2.45, 2.75) is 0 Å². The van der Waals surface area contributed by atoms with Gasteiger partial charge in [0.15, 0.2) is 17.3 Å². The number of aromatic nitrogens is 1. The van der Waals surface area contributed by atoms with Crippen LogP contribution in [0.2, 0.25) is 0 Å². The van der Waals surface area contributed by atoms with Gasteiger partial charge in [-0.2, -0.15) is 0 Å². The van der Waals surface area contributed by atoms with Gasteiger partial charge in [0.25, 0.3) is 0 Å². The number of halogens is 1. The summed E-state index contributed by atoms with van der Waals surface area (Å²) in [6, 6.07) is 5.52. The molecule has 92 valence electrons. The number of ketones is 1. The van der Waals surface area contributed by atoms with Crippen LogP contribution in [0.5, 0.6) is 5.75 Å². The second-order valence-corrected chi connectivity index (χ2v) is 3.64. The molecule has 2 aromatic rings. The lowest BCUT2D eigenvalue weighted by Crippen LogP contribution is -2.06. The Kier molecular flexibility index (Phi) is 3.23. The minimum atomic E-state index is -0.587. The van der Waals surface area contributed by atoms with Crippen molar-refractivity contribution in [3.8, 4) is 5.75 Å². The number of hydrogen-bond donors (Lipinski definition) is 1. The fraction of sp³-hybridized carbons (Fsp3) is 0.0769. The molecule has 18 heavy (non-hydrogen) atoms. The van der Waals surface area contributed by atoms with Crippen molar-refractivity contribution in [1.29, 1.82) is 0 Å². The van der Waals surface area contributed by atoms with E-state index in [-0.39, 0.29) is 22.8 Å². The van der Waals surface area contributed by atoms with Crippen LogP contribution in [0.15, 0.2) is 36.7 Å². The van der Waals surface area contributed by atoms with E-state index in [1.54, 1.807) is 0 Å². The Morgan fingerprint density at radius 2 is 2.17 bits per heavy atom. The number of hydrogen-bond acceptors (Lipinski definition) is 4. The molecule has 4 nitrogen and oxygen atoms in total. The van der Waals surface area contributed by atoms with E-state index in [1.165, 1.54) is 37.7 Å². The summed E-state index contributed by atoms with van der Waals surface area (Å²) in [7, 11) is 1.36. The molecule has 0 fully saturated rings. The van der Waals surface area contributed by atoms with Crippen LogP contribution in [0.25, 0.3) is 0 Å². The van der Waals surface area contributed by atoms with Gasteiger partial charge in [0.05, 0.1) is 19.0 Å². The lowest BCUT2D eigenvalue weighted by Gasteiger charge is -2.06. The molecule has 0 unspecified atom stereocenters. The van der Waals surface area contributed by atoms with Crippen LogP contribution in [0.4, 0.5) is 10.1 Å². The average molecular weight is 246 g/mol. The smallest absolute Gasteiger partial charge is 0.195 e. The van der Waals surface area contributed by atoms with Gasteiger partial charge in [-0.3, -0.25) is 9.78 Å². The minimum absolute atomic E-state index is 0.0919. The molecule has 0 aliphatic rings. The third kappa shape index (κ3) is 2.15. The Bertz CT molecular complexity index is 599. The Balaban J connectivity index is 2.41. The number of rotatable bonds is 3. The number of ether oxygens (including phenoxy) is 1. The van der Waals surface area contributed by atoms with E-state index in [0.29, 0.717) is 5.56 Å². The number of carbonyl (C=O) groups excluding carboxylic acids is 1. The standard InChI is InChI=1S/C13H11FN2O2/c1-18-12-3-2-8(6-10(12)14)13(17)9-4-5-16-7-11(9)15/h2-7H,15H2,1H3. The fourth-order valence-corrected chi connectivity index (χ4v) is 1.58. The van der Waals surface area contributed by atoms with Crippen molar-refractivity contribution in [3.63, 3.8) is 0 Å². The number of nitrogens with zero attached hydrogens (tertiary/aromatic N) is 1. The highest BCUT2D eigenvalue weighted by atomic mass is 19.1. The Morgan fingerprint density at radius 1 is 1.39 bits per heavy atom. The summed E-state index contributed by atoms with van der Waals surface area (Å²) in [6.45, 7) is 0. The molecule has 0 saturated heterocycles. The maximum Gasteiger partial charge on any atom is 0.195 e. The zero-order valence-electron chi connectivity index (χ0n) is 9.68. The van der Waals surface area contributed by atoms with Crippen molar-refractivity contribution >= 4 is 11.5 Å². The molecule has 0 saturated carbocycles. The van der Waals surface area contributed by atoms with Gasteiger partial charge in [0, 0.05) is 17.3 Å². The summed E-state index contributed by atoms with van der Waals surface area (Å²) in [5.41, 5.74) is 6.43. The Morgan fingerprint density at radius 3 is 2.78 bits per heavy atom. The quantitative estimate of drug-likeness (QED) is 0.842. The van der Waals surface area contributed by atoms with Crippen LogP contribution >= 0.6 is 0 Å². The first kappa shape index (κ1) is 12.0. The minimum Gasteiger partial charge on any atom is -0.494 e. The van der Waals surface area contributed by atoms with Crippen LogP contribution in [0.3, 0.4) is 0 Å². The summed E-state index contributed by atoms with van der Waals surface area (Å²) >= 11 is 0. The molecular formula is C13H11FN2O2.